The number of nitro groups is 1. The first-order chi connectivity index (χ1) is 35.1. The van der Waals surface area contributed by atoms with Crippen LogP contribution in [0.25, 0.3) is 0 Å². The maximum atomic E-state index is 15.1. The van der Waals surface area contributed by atoms with Gasteiger partial charge in [0.15, 0.2) is 6.29 Å². The number of nitrogens with zero attached hydrogens (tertiary/aromatic N) is 3. The van der Waals surface area contributed by atoms with Crippen molar-refractivity contribution < 1.29 is 57.6 Å². The molecule has 0 bridgehead atoms. The Bertz CT molecular complexity index is 2750. The van der Waals surface area contributed by atoms with Gasteiger partial charge in [0, 0.05) is 49.8 Å². The van der Waals surface area contributed by atoms with Crippen LogP contribution in [0.5, 0.6) is 28.7 Å². The van der Waals surface area contributed by atoms with Crippen molar-refractivity contribution in [1.82, 2.24) is 4.90 Å². The minimum Gasteiger partial charge on any atom is -0.496 e. The minimum atomic E-state index is -1.70. The van der Waals surface area contributed by atoms with E-state index in [9.17, 15) is 29.5 Å². The lowest BCUT2D eigenvalue weighted by atomic mass is 9.55. The Balaban J connectivity index is 1.34. The fourth-order valence-corrected chi connectivity index (χ4v) is 10.4. The number of ether oxygens (including phenoxy) is 5. The number of aldehydes is 1. The van der Waals surface area contributed by atoms with Gasteiger partial charge in [-0.05, 0) is 115 Å². The van der Waals surface area contributed by atoms with Crippen LogP contribution in [-0.2, 0) is 22.7 Å². The molecule has 1 saturated carbocycles. The van der Waals surface area contributed by atoms with E-state index in [0.29, 0.717) is 78.2 Å². The second-order valence-corrected chi connectivity index (χ2v) is 18.0. The number of oxime groups is 1. The molecule has 3 aliphatic rings. The summed E-state index contributed by atoms with van der Waals surface area (Å²) in [6.07, 6.45) is 7.62. The number of aliphatic hydroxyl groups is 2. The fourth-order valence-electron chi connectivity index (χ4n) is 10.4. The number of hydrogen-bond donors (Lipinski definition) is 2. The first kappa shape index (κ1) is 51.0. The summed E-state index contributed by atoms with van der Waals surface area (Å²) >= 11 is 0. The molecule has 1 amide bonds. The number of nitro benzene ring substituents is 1. The molecule has 5 aromatic rings. The van der Waals surface area contributed by atoms with Crippen molar-refractivity contribution >= 4 is 23.8 Å². The summed E-state index contributed by atoms with van der Waals surface area (Å²) in [5.74, 6) is -1.77. The molecule has 1 heterocycles. The minimum absolute atomic E-state index is 0.00135. The lowest BCUT2D eigenvalue weighted by Gasteiger charge is -2.59. The lowest BCUT2D eigenvalue weighted by Crippen LogP contribution is -2.70. The highest BCUT2D eigenvalue weighted by Crippen LogP contribution is 2.62. The number of allylic oxidation sites excluding steroid dienone is 1. The van der Waals surface area contributed by atoms with Gasteiger partial charge in [0.05, 0.1) is 35.8 Å². The van der Waals surface area contributed by atoms with Crippen molar-refractivity contribution in [2.75, 3.05) is 26.9 Å². The number of fused-ring (bicyclic) bond motifs is 2. The zero-order valence-electron chi connectivity index (χ0n) is 40.0. The normalized spacial score (nSPS) is 21.2. The van der Waals surface area contributed by atoms with E-state index in [2.05, 4.69) is 12.7 Å². The maximum Gasteiger partial charge on any atom is 0.416 e. The number of rotatable bonds is 23. The topological polar surface area (TPSA) is 189 Å². The van der Waals surface area contributed by atoms with Crippen LogP contribution in [-0.4, -0.2) is 76.9 Å². The Hall–Kier alpha value is -7.40. The van der Waals surface area contributed by atoms with E-state index in [1.807, 2.05) is 36.4 Å². The van der Waals surface area contributed by atoms with Crippen LogP contribution < -0.4 is 18.9 Å². The van der Waals surface area contributed by atoms with Crippen molar-refractivity contribution in [3.05, 3.63) is 178 Å². The molecular formula is C56H58FN3O12. The first-order valence-electron chi connectivity index (χ1n) is 24.1. The number of benzene rings is 5. The molecule has 5 aromatic carbocycles. The van der Waals surface area contributed by atoms with Crippen molar-refractivity contribution in [3.8, 4) is 28.7 Å². The largest absolute Gasteiger partial charge is 0.496 e. The Morgan fingerprint density at radius 1 is 0.917 bits per heavy atom. The smallest absolute Gasteiger partial charge is 0.416 e. The van der Waals surface area contributed by atoms with E-state index in [0.717, 1.165) is 23.1 Å². The molecule has 0 saturated heterocycles. The van der Waals surface area contributed by atoms with Crippen LogP contribution in [0, 0.1) is 33.7 Å². The molecule has 0 radical (unpaired) electrons. The summed E-state index contributed by atoms with van der Waals surface area (Å²) in [5.41, 5.74) is 3.64. The summed E-state index contributed by atoms with van der Waals surface area (Å²) in [6.45, 7) is 4.03. The number of unbranched alkanes of at least 4 members (excludes halogenated alkanes) is 2. The van der Waals surface area contributed by atoms with Crippen LogP contribution in [0.3, 0.4) is 0 Å². The molecule has 376 valence electrons. The monoisotopic (exact) mass is 983 g/mol. The molecule has 1 fully saturated rings. The quantitative estimate of drug-likeness (QED) is 0.0207. The summed E-state index contributed by atoms with van der Waals surface area (Å²) in [5, 5.41) is 36.6. The van der Waals surface area contributed by atoms with Crippen LogP contribution in [0.2, 0.25) is 0 Å². The van der Waals surface area contributed by atoms with Gasteiger partial charge in [0.25, 0.3) is 5.69 Å². The predicted molar refractivity (Wildman–Crippen MR) is 266 cm³/mol. The van der Waals surface area contributed by atoms with E-state index in [-0.39, 0.29) is 62.7 Å². The maximum absolute atomic E-state index is 15.1. The zero-order valence-corrected chi connectivity index (χ0v) is 40.0. The fraction of sp³-hybridized carbons (Fsp3) is 0.339. The highest BCUT2D eigenvalue weighted by molar-refractivity contribution is 6.03. The van der Waals surface area contributed by atoms with E-state index < -0.39 is 40.5 Å². The number of hydrogen-bond acceptors (Lipinski definition) is 13. The molecule has 16 heteroatoms. The molecule has 0 unspecified atom stereocenters. The van der Waals surface area contributed by atoms with Crippen LogP contribution in [0.15, 0.2) is 145 Å². The molecule has 72 heavy (non-hydrogen) atoms. The van der Waals surface area contributed by atoms with E-state index >= 15 is 4.79 Å². The average molecular weight is 984 g/mol. The summed E-state index contributed by atoms with van der Waals surface area (Å²) in [7, 11) is 1.48. The molecule has 2 N–H and O–H groups in total. The average Bonchev–Trinajstić information content (AvgIpc) is 3.39. The zero-order chi connectivity index (χ0) is 50.6. The number of halogens is 1. The molecular weight excluding hydrogens is 926 g/mol. The van der Waals surface area contributed by atoms with Gasteiger partial charge < -0.3 is 38.7 Å². The molecule has 0 spiro atoms. The summed E-state index contributed by atoms with van der Waals surface area (Å²) in [6, 6.07) is 29.9. The number of aliphatic hydroxyl groups excluding tert-OH is 2. The highest BCUT2D eigenvalue weighted by atomic mass is 19.1. The number of carbonyl (C=O) groups is 2. The third-order valence-corrected chi connectivity index (χ3v) is 13.6. The summed E-state index contributed by atoms with van der Waals surface area (Å²) < 4.78 is 46.9. The predicted octanol–water partition coefficient (Wildman–Crippen LogP) is 10.9. The van der Waals surface area contributed by atoms with Crippen LogP contribution in [0.1, 0.15) is 77.9 Å². The second kappa shape index (κ2) is 23.7. The van der Waals surface area contributed by atoms with Gasteiger partial charge >= 0.3 is 6.09 Å². The number of amides is 1. The van der Waals surface area contributed by atoms with Gasteiger partial charge in [-0.3, -0.25) is 19.8 Å². The Labute approximate surface area is 417 Å². The third-order valence-electron chi connectivity index (χ3n) is 13.6. The highest BCUT2D eigenvalue weighted by Gasteiger charge is 2.66. The van der Waals surface area contributed by atoms with Crippen LogP contribution >= 0.6 is 0 Å². The van der Waals surface area contributed by atoms with Gasteiger partial charge in [-0.15, -0.1) is 6.58 Å². The van der Waals surface area contributed by atoms with Gasteiger partial charge in [-0.25, -0.2) is 9.18 Å². The van der Waals surface area contributed by atoms with Gasteiger partial charge in [-0.1, -0.05) is 72.6 Å². The van der Waals surface area contributed by atoms with Crippen molar-refractivity contribution in [3.63, 3.8) is 0 Å². The van der Waals surface area contributed by atoms with Gasteiger partial charge in [0.2, 0.25) is 5.79 Å². The van der Waals surface area contributed by atoms with Gasteiger partial charge in [-0.2, -0.15) is 0 Å². The van der Waals surface area contributed by atoms with Gasteiger partial charge in [0.1, 0.15) is 47.2 Å². The number of non-ortho nitro benzene ring substituents is 1. The molecule has 8 rings (SSSR count). The lowest BCUT2D eigenvalue weighted by molar-refractivity contribution is -0.384. The molecule has 15 nitrogen and oxygen atoms in total. The Morgan fingerprint density at radius 3 is 2.32 bits per heavy atom. The molecule has 6 atom stereocenters. The summed E-state index contributed by atoms with van der Waals surface area (Å²) in [4.78, 5) is 45.9. The third kappa shape index (κ3) is 11.4. The van der Waals surface area contributed by atoms with Crippen molar-refractivity contribution in [2.45, 2.75) is 75.8 Å². The van der Waals surface area contributed by atoms with Crippen LogP contribution in [0.4, 0.5) is 14.9 Å². The first-order valence-corrected chi connectivity index (χ1v) is 24.1. The number of methoxy groups -OCH3 is 1. The molecule has 1 aliphatic heterocycles. The second-order valence-electron chi connectivity index (χ2n) is 18.0. The van der Waals surface area contributed by atoms with E-state index in [1.54, 1.807) is 48.5 Å². The van der Waals surface area contributed by atoms with E-state index in [1.165, 1.54) is 48.4 Å². The molecule has 2 aliphatic carbocycles. The van der Waals surface area contributed by atoms with E-state index in [4.69, 9.17) is 33.7 Å². The van der Waals surface area contributed by atoms with Crippen molar-refractivity contribution in [2.24, 2.45) is 22.9 Å². The number of carbonyl (C=O) groups excluding carboxylic acids is 2. The SMILES string of the molecule is C=CCO[C@@]12Oc3ccc(Oc4ccc(OC)c(C=O)c4)cc3[C@H]3[C@H](CCCCO)[C@@H](CCCCO)C=C(C(=NOCc4ccccc4)C[C@@H]1N(Cc1ccc(F)cc1)C(=O)Oc1ccc([N+](=O)[O-])cc1)[C@H]32. The Morgan fingerprint density at radius 2 is 1.62 bits per heavy atom. The van der Waals surface area contributed by atoms with Crippen molar-refractivity contribution in [1.29, 1.82) is 0 Å². The Kier molecular flexibility index (Phi) is 16.8. The standard InChI is InChI=1S/C56H58FN3O12/c1-3-29-68-56-52(59(34-37-15-17-41(57)18-16-37)55(64)71-43-21-19-42(20-22-43)60(65)66)33-49(58-69-36-38-11-5-4-6-12-38)47-31-39(13-7-9-27-61)46(14-8-10-28-62)53(54(47)56)48-32-45(24-26-51(48)72-56)70-44-23-25-50(67-2)40(30-44)35-63/h3-6,11-12,15-26,30-32,35,39,46,52-54,61-62H,1,7-10,13-14,27-29,33-34,36H2,2H3/t39-,46+,52-,53+,54+,56+/m0/s1. The molecule has 0 aromatic heterocycles.